The van der Waals surface area contributed by atoms with Crippen LogP contribution in [0, 0.1) is 5.41 Å². The number of nitrogens with zero attached hydrogens (tertiary/aromatic N) is 1. The molecule has 1 aliphatic carbocycles. The van der Waals surface area contributed by atoms with Crippen molar-refractivity contribution in [1.82, 2.24) is 4.90 Å². The van der Waals surface area contributed by atoms with Crippen molar-refractivity contribution in [1.29, 1.82) is 0 Å². The van der Waals surface area contributed by atoms with E-state index < -0.39 is 5.41 Å². The number of anilines is 1. The van der Waals surface area contributed by atoms with E-state index in [2.05, 4.69) is 21.2 Å². The molecule has 5 nitrogen and oxygen atoms in total. The van der Waals surface area contributed by atoms with Gasteiger partial charge < -0.3 is 15.0 Å². The quantitative estimate of drug-likeness (QED) is 0.846. The minimum Gasteiger partial charge on any atom is -0.378 e. The Kier molecular flexibility index (Phi) is 3.99. The molecule has 0 atom stereocenters. The van der Waals surface area contributed by atoms with Gasteiger partial charge in [0, 0.05) is 17.6 Å². The molecule has 0 spiro atoms. The Hall–Kier alpha value is -1.40. The Morgan fingerprint density at radius 3 is 2.48 bits per heavy atom. The molecule has 2 fully saturated rings. The van der Waals surface area contributed by atoms with Gasteiger partial charge >= 0.3 is 0 Å². The van der Waals surface area contributed by atoms with E-state index in [-0.39, 0.29) is 11.8 Å². The lowest BCUT2D eigenvalue weighted by atomic mass is 10.0. The summed E-state index contributed by atoms with van der Waals surface area (Å²) in [5.74, 6) is -0.263. The molecule has 0 unspecified atom stereocenters. The number of benzene rings is 1. The van der Waals surface area contributed by atoms with E-state index in [0.29, 0.717) is 44.8 Å². The molecule has 1 aromatic carbocycles. The first kappa shape index (κ1) is 14.5. The van der Waals surface area contributed by atoms with Crippen molar-refractivity contribution >= 4 is 33.4 Å². The molecule has 0 radical (unpaired) electrons. The number of halogens is 1. The Balaban J connectivity index is 1.71. The van der Waals surface area contributed by atoms with Crippen LogP contribution in [0.1, 0.15) is 12.8 Å². The zero-order valence-electron chi connectivity index (χ0n) is 11.6. The average Bonchev–Trinajstić information content (AvgIpc) is 3.31. The van der Waals surface area contributed by atoms with Crippen LogP contribution in [-0.2, 0) is 14.3 Å². The second-order valence-electron chi connectivity index (χ2n) is 5.42. The number of carbonyl (C=O) groups excluding carboxylic acids is 2. The summed E-state index contributed by atoms with van der Waals surface area (Å²) in [6.45, 7) is 2.24. The molecule has 1 saturated heterocycles. The summed E-state index contributed by atoms with van der Waals surface area (Å²) in [4.78, 5) is 26.9. The molecule has 112 valence electrons. The van der Waals surface area contributed by atoms with Crippen molar-refractivity contribution in [3.05, 3.63) is 28.7 Å². The number of amides is 2. The van der Waals surface area contributed by atoms with E-state index in [1.807, 2.05) is 24.3 Å². The van der Waals surface area contributed by atoms with Crippen LogP contribution in [0.2, 0.25) is 0 Å². The van der Waals surface area contributed by atoms with Crippen molar-refractivity contribution in [2.45, 2.75) is 12.8 Å². The van der Waals surface area contributed by atoms with Crippen molar-refractivity contribution in [3.63, 3.8) is 0 Å². The van der Waals surface area contributed by atoms with Crippen LogP contribution in [0.15, 0.2) is 28.7 Å². The number of para-hydroxylation sites is 1. The number of hydrogen-bond donors (Lipinski definition) is 1. The van der Waals surface area contributed by atoms with Crippen molar-refractivity contribution in [2.75, 3.05) is 31.6 Å². The van der Waals surface area contributed by atoms with Gasteiger partial charge in [-0.25, -0.2) is 0 Å². The van der Waals surface area contributed by atoms with Gasteiger partial charge in [-0.2, -0.15) is 0 Å². The summed E-state index contributed by atoms with van der Waals surface area (Å²) in [5, 5.41) is 2.87. The summed E-state index contributed by atoms with van der Waals surface area (Å²) >= 11 is 3.40. The molecular weight excluding hydrogens is 336 g/mol. The monoisotopic (exact) mass is 352 g/mol. The summed E-state index contributed by atoms with van der Waals surface area (Å²) in [5.41, 5.74) is -0.171. The number of rotatable bonds is 3. The van der Waals surface area contributed by atoms with E-state index in [1.54, 1.807) is 4.90 Å². The van der Waals surface area contributed by atoms with Crippen LogP contribution in [0.5, 0.6) is 0 Å². The van der Waals surface area contributed by atoms with Gasteiger partial charge in [0.2, 0.25) is 11.8 Å². The van der Waals surface area contributed by atoms with E-state index in [1.165, 1.54) is 0 Å². The normalized spacial score (nSPS) is 20.0. The smallest absolute Gasteiger partial charge is 0.240 e. The Labute approximate surface area is 131 Å². The third kappa shape index (κ3) is 2.82. The standard InChI is InChI=1S/C15H17BrN2O3/c16-11-3-1-2-4-12(11)17-13(19)15(5-6-15)14(20)18-7-9-21-10-8-18/h1-4H,5-10H2,(H,17,19). The summed E-state index contributed by atoms with van der Waals surface area (Å²) in [6, 6.07) is 7.41. The van der Waals surface area contributed by atoms with E-state index >= 15 is 0 Å². The van der Waals surface area contributed by atoms with Gasteiger partial charge in [0.25, 0.3) is 0 Å². The van der Waals surface area contributed by atoms with Crippen LogP contribution >= 0.6 is 15.9 Å². The Bertz CT molecular complexity index is 566. The van der Waals surface area contributed by atoms with Crippen LogP contribution in [0.4, 0.5) is 5.69 Å². The third-order valence-electron chi connectivity index (χ3n) is 4.01. The highest BCUT2D eigenvalue weighted by Gasteiger charge is 2.58. The third-order valence-corrected chi connectivity index (χ3v) is 4.71. The maximum Gasteiger partial charge on any atom is 0.240 e. The van der Waals surface area contributed by atoms with Crippen molar-refractivity contribution < 1.29 is 14.3 Å². The molecule has 1 saturated carbocycles. The van der Waals surface area contributed by atoms with Crippen LogP contribution in [0.3, 0.4) is 0 Å². The van der Waals surface area contributed by atoms with Crippen LogP contribution < -0.4 is 5.32 Å². The van der Waals surface area contributed by atoms with E-state index in [0.717, 1.165) is 4.47 Å². The molecule has 3 rings (SSSR count). The first-order valence-electron chi connectivity index (χ1n) is 7.07. The van der Waals surface area contributed by atoms with Gasteiger partial charge in [0.05, 0.1) is 18.9 Å². The number of nitrogens with one attached hydrogen (secondary N) is 1. The van der Waals surface area contributed by atoms with Gasteiger partial charge in [0.15, 0.2) is 0 Å². The summed E-state index contributed by atoms with van der Waals surface area (Å²) < 4.78 is 6.07. The first-order chi connectivity index (χ1) is 10.1. The SMILES string of the molecule is O=C(Nc1ccccc1Br)C1(C(=O)N2CCOCC2)CC1. The molecule has 1 aliphatic heterocycles. The molecular formula is C15H17BrN2O3. The van der Waals surface area contributed by atoms with Gasteiger partial charge in [-0.1, -0.05) is 12.1 Å². The minimum atomic E-state index is -0.868. The molecule has 1 heterocycles. The highest BCUT2D eigenvalue weighted by Crippen LogP contribution is 2.48. The fourth-order valence-corrected chi connectivity index (χ4v) is 2.92. The fraction of sp³-hybridized carbons (Fsp3) is 0.467. The lowest BCUT2D eigenvalue weighted by molar-refractivity contribution is -0.145. The predicted octanol–water partition coefficient (Wildman–Crippen LogP) is 2.03. The van der Waals surface area contributed by atoms with Crippen LogP contribution in [0.25, 0.3) is 0 Å². The number of carbonyl (C=O) groups is 2. The van der Waals surface area contributed by atoms with Crippen molar-refractivity contribution in [3.8, 4) is 0 Å². The van der Waals surface area contributed by atoms with Gasteiger partial charge in [-0.05, 0) is 40.9 Å². The van der Waals surface area contributed by atoms with E-state index in [4.69, 9.17) is 4.74 Å². The molecule has 6 heteroatoms. The highest BCUT2D eigenvalue weighted by molar-refractivity contribution is 9.10. The largest absolute Gasteiger partial charge is 0.378 e. The van der Waals surface area contributed by atoms with Gasteiger partial charge in [0.1, 0.15) is 5.41 Å². The zero-order valence-corrected chi connectivity index (χ0v) is 13.2. The second-order valence-corrected chi connectivity index (χ2v) is 6.27. The summed E-state index contributed by atoms with van der Waals surface area (Å²) in [7, 11) is 0. The second kappa shape index (κ2) is 5.77. The first-order valence-corrected chi connectivity index (χ1v) is 7.86. The molecule has 1 N–H and O–H groups in total. The molecule has 0 aromatic heterocycles. The van der Waals surface area contributed by atoms with Crippen LogP contribution in [-0.4, -0.2) is 43.0 Å². The van der Waals surface area contributed by atoms with E-state index in [9.17, 15) is 9.59 Å². The molecule has 2 aliphatic rings. The van der Waals surface area contributed by atoms with Gasteiger partial charge in [-0.15, -0.1) is 0 Å². The maximum atomic E-state index is 12.6. The topological polar surface area (TPSA) is 58.6 Å². The lowest BCUT2D eigenvalue weighted by Crippen LogP contribution is -2.47. The number of morpholine rings is 1. The zero-order chi connectivity index (χ0) is 14.9. The molecule has 2 amide bonds. The fourth-order valence-electron chi connectivity index (χ4n) is 2.54. The average molecular weight is 353 g/mol. The van der Waals surface area contributed by atoms with Crippen molar-refractivity contribution in [2.24, 2.45) is 5.41 Å². The molecule has 21 heavy (non-hydrogen) atoms. The Morgan fingerprint density at radius 1 is 1.19 bits per heavy atom. The number of ether oxygens (including phenoxy) is 1. The predicted molar refractivity (Wildman–Crippen MR) is 81.8 cm³/mol. The Morgan fingerprint density at radius 2 is 1.86 bits per heavy atom. The highest BCUT2D eigenvalue weighted by atomic mass is 79.9. The van der Waals surface area contributed by atoms with Gasteiger partial charge in [-0.3, -0.25) is 9.59 Å². The lowest BCUT2D eigenvalue weighted by Gasteiger charge is -2.30. The maximum absolute atomic E-state index is 12.6. The number of hydrogen-bond acceptors (Lipinski definition) is 3. The minimum absolute atomic E-state index is 0.0599. The molecule has 0 bridgehead atoms. The molecule has 1 aromatic rings. The summed E-state index contributed by atoms with van der Waals surface area (Å²) in [6.07, 6.45) is 1.25.